The fourth-order valence-electron chi connectivity index (χ4n) is 1.95. The molecule has 1 rings (SSSR count). The maximum atomic E-state index is 10.5. The van der Waals surface area contributed by atoms with Gasteiger partial charge in [-0.15, -0.1) is 0 Å². The van der Waals surface area contributed by atoms with Gasteiger partial charge in [0.25, 0.3) is 0 Å². The van der Waals surface area contributed by atoms with E-state index >= 15 is 0 Å². The largest absolute Gasteiger partial charge is 0.492 e. The number of likely N-dealkylation sites (N-methyl/N-ethyl adjacent to an activating group) is 1. The first-order valence-electron chi connectivity index (χ1n) is 7.33. The number of carboxylic acids is 1. The number of nitrogens with zero attached hydrogens (tertiary/aromatic N) is 1. The highest BCUT2D eigenvalue weighted by molar-refractivity contribution is 5.85. The molecule has 0 spiro atoms. The third kappa shape index (κ3) is 7.51. The zero-order chi connectivity index (χ0) is 15.7. The molecule has 116 valence electrons. The first kappa shape index (κ1) is 17.2. The molecule has 1 N–H and O–H groups in total. The van der Waals surface area contributed by atoms with Crippen LogP contribution in [0.3, 0.4) is 0 Å². The molecule has 0 bridgehead atoms. The Morgan fingerprint density at radius 1 is 1.48 bits per heavy atom. The predicted molar refractivity (Wildman–Crippen MR) is 85.6 cm³/mol. The van der Waals surface area contributed by atoms with Gasteiger partial charge in [-0.3, -0.25) is 0 Å². The minimum atomic E-state index is -0.951. The molecule has 0 radical (unpaired) electrons. The molecule has 1 unspecified atom stereocenters. The zero-order valence-corrected chi connectivity index (χ0v) is 13.1. The Morgan fingerprint density at radius 3 is 2.90 bits per heavy atom. The van der Waals surface area contributed by atoms with Crippen molar-refractivity contribution >= 4 is 12.0 Å². The molecule has 1 aromatic rings. The van der Waals surface area contributed by atoms with Crippen molar-refractivity contribution in [1.29, 1.82) is 0 Å². The SMILES string of the molecule is CCC(C)CN(C)CCOc1cccc(C=CC(=O)O)c1. The first-order chi connectivity index (χ1) is 10.0. The van der Waals surface area contributed by atoms with E-state index in [2.05, 4.69) is 25.8 Å². The number of hydrogen-bond acceptors (Lipinski definition) is 3. The molecule has 0 amide bonds. The van der Waals surface area contributed by atoms with E-state index in [0.717, 1.165) is 30.5 Å². The van der Waals surface area contributed by atoms with Crippen LogP contribution in [-0.2, 0) is 4.79 Å². The zero-order valence-electron chi connectivity index (χ0n) is 13.1. The Labute approximate surface area is 127 Å². The minimum Gasteiger partial charge on any atom is -0.492 e. The second-order valence-corrected chi connectivity index (χ2v) is 5.37. The number of hydrogen-bond donors (Lipinski definition) is 1. The molecule has 0 saturated carbocycles. The molecule has 4 nitrogen and oxygen atoms in total. The van der Waals surface area contributed by atoms with Crippen LogP contribution in [0.1, 0.15) is 25.8 Å². The van der Waals surface area contributed by atoms with Crippen molar-refractivity contribution in [1.82, 2.24) is 4.90 Å². The smallest absolute Gasteiger partial charge is 0.328 e. The summed E-state index contributed by atoms with van der Waals surface area (Å²) in [5.74, 6) is 0.506. The van der Waals surface area contributed by atoms with Crippen molar-refractivity contribution in [2.24, 2.45) is 5.92 Å². The summed E-state index contributed by atoms with van der Waals surface area (Å²) in [6.07, 6.45) is 3.87. The Hall–Kier alpha value is -1.81. The normalized spacial score (nSPS) is 12.8. The first-order valence-corrected chi connectivity index (χ1v) is 7.33. The Bertz CT molecular complexity index is 471. The van der Waals surface area contributed by atoms with Crippen LogP contribution < -0.4 is 4.74 Å². The van der Waals surface area contributed by atoms with Gasteiger partial charge in [-0.1, -0.05) is 32.4 Å². The van der Waals surface area contributed by atoms with Crippen LogP contribution in [0.5, 0.6) is 5.75 Å². The fraction of sp³-hybridized carbons (Fsp3) is 0.471. The van der Waals surface area contributed by atoms with Crippen molar-refractivity contribution in [3.63, 3.8) is 0 Å². The Kier molecular flexibility index (Phi) is 7.54. The maximum Gasteiger partial charge on any atom is 0.328 e. The topological polar surface area (TPSA) is 49.8 Å². The van der Waals surface area contributed by atoms with E-state index in [4.69, 9.17) is 9.84 Å². The summed E-state index contributed by atoms with van der Waals surface area (Å²) < 4.78 is 5.72. The number of carbonyl (C=O) groups is 1. The van der Waals surface area contributed by atoms with Crippen LogP contribution >= 0.6 is 0 Å². The van der Waals surface area contributed by atoms with Gasteiger partial charge in [0, 0.05) is 19.2 Å². The van der Waals surface area contributed by atoms with Gasteiger partial charge in [0.05, 0.1) is 0 Å². The summed E-state index contributed by atoms with van der Waals surface area (Å²) in [6.45, 7) is 7.01. The average molecular weight is 291 g/mol. The quantitative estimate of drug-likeness (QED) is 0.710. The highest BCUT2D eigenvalue weighted by Gasteiger charge is 2.04. The summed E-state index contributed by atoms with van der Waals surface area (Å²) >= 11 is 0. The Balaban J connectivity index is 2.42. The van der Waals surface area contributed by atoms with Crippen LogP contribution in [-0.4, -0.2) is 42.7 Å². The van der Waals surface area contributed by atoms with Gasteiger partial charge in [-0.25, -0.2) is 4.79 Å². The van der Waals surface area contributed by atoms with E-state index in [-0.39, 0.29) is 0 Å². The second-order valence-electron chi connectivity index (χ2n) is 5.37. The van der Waals surface area contributed by atoms with E-state index in [1.807, 2.05) is 24.3 Å². The lowest BCUT2D eigenvalue weighted by Crippen LogP contribution is -2.28. The van der Waals surface area contributed by atoms with Gasteiger partial charge < -0.3 is 14.7 Å². The molecule has 0 heterocycles. The summed E-state index contributed by atoms with van der Waals surface area (Å²) in [6, 6.07) is 7.43. The van der Waals surface area contributed by atoms with Crippen LogP contribution in [0.25, 0.3) is 6.08 Å². The third-order valence-corrected chi connectivity index (χ3v) is 3.34. The number of rotatable bonds is 9. The molecule has 4 heteroatoms. The molecule has 1 aromatic carbocycles. The van der Waals surface area contributed by atoms with E-state index in [1.54, 1.807) is 6.08 Å². The van der Waals surface area contributed by atoms with E-state index in [0.29, 0.717) is 12.5 Å². The van der Waals surface area contributed by atoms with Gasteiger partial charge in [0.1, 0.15) is 12.4 Å². The number of ether oxygens (including phenoxy) is 1. The highest BCUT2D eigenvalue weighted by Crippen LogP contribution is 2.14. The number of carboxylic acid groups (broad SMARTS) is 1. The van der Waals surface area contributed by atoms with E-state index in [9.17, 15) is 4.79 Å². The molecule has 0 aliphatic heterocycles. The lowest BCUT2D eigenvalue weighted by Gasteiger charge is -2.20. The molecule has 0 fully saturated rings. The average Bonchev–Trinajstić information content (AvgIpc) is 2.45. The summed E-state index contributed by atoms with van der Waals surface area (Å²) in [4.78, 5) is 12.8. The summed E-state index contributed by atoms with van der Waals surface area (Å²) in [5.41, 5.74) is 0.822. The highest BCUT2D eigenvalue weighted by atomic mass is 16.5. The number of benzene rings is 1. The van der Waals surface area contributed by atoms with Crippen molar-refractivity contribution in [2.75, 3.05) is 26.7 Å². The Morgan fingerprint density at radius 2 is 2.24 bits per heavy atom. The van der Waals surface area contributed by atoms with Gasteiger partial charge in [-0.05, 0) is 36.7 Å². The van der Waals surface area contributed by atoms with Crippen LogP contribution in [0.4, 0.5) is 0 Å². The van der Waals surface area contributed by atoms with E-state index in [1.165, 1.54) is 6.42 Å². The van der Waals surface area contributed by atoms with Crippen molar-refractivity contribution in [3.8, 4) is 5.75 Å². The molecule has 1 atom stereocenters. The van der Waals surface area contributed by atoms with E-state index < -0.39 is 5.97 Å². The van der Waals surface area contributed by atoms with Gasteiger partial charge in [0.2, 0.25) is 0 Å². The summed E-state index contributed by atoms with van der Waals surface area (Å²) in [7, 11) is 2.10. The van der Waals surface area contributed by atoms with Crippen LogP contribution in [0, 0.1) is 5.92 Å². The monoisotopic (exact) mass is 291 g/mol. The maximum absolute atomic E-state index is 10.5. The van der Waals surface area contributed by atoms with Crippen LogP contribution in [0.2, 0.25) is 0 Å². The van der Waals surface area contributed by atoms with Crippen molar-refractivity contribution in [3.05, 3.63) is 35.9 Å². The van der Waals surface area contributed by atoms with Crippen molar-refractivity contribution < 1.29 is 14.6 Å². The molecule has 0 aliphatic rings. The lowest BCUT2D eigenvalue weighted by molar-refractivity contribution is -0.131. The third-order valence-electron chi connectivity index (χ3n) is 3.34. The summed E-state index contributed by atoms with van der Waals surface area (Å²) in [5, 5.41) is 8.62. The second kappa shape index (κ2) is 9.19. The molecule has 0 aliphatic carbocycles. The lowest BCUT2D eigenvalue weighted by atomic mass is 10.1. The van der Waals surface area contributed by atoms with Gasteiger partial charge in [0.15, 0.2) is 0 Å². The predicted octanol–water partition coefficient (Wildman–Crippen LogP) is 3.14. The minimum absolute atomic E-state index is 0.624. The fourth-order valence-corrected chi connectivity index (χ4v) is 1.95. The molecular weight excluding hydrogens is 266 g/mol. The molecule has 0 saturated heterocycles. The van der Waals surface area contributed by atoms with Crippen LogP contribution in [0.15, 0.2) is 30.3 Å². The van der Waals surface area contributed by atoms with Gasteiger partial charge in [-0.2, -0.15) is 0 Å². The molecule has 21 heavy (non-hydrogen) atoms. The number of aliphatic carboxylic acids is 1. The van der Waals surface area contributed by atoms with Gasteiger partial charge >= 0.3 is 5.97 Å². The molecular formula is C17H25NO3. The standard InChI is InChI=1S/C17H25NO3/c1-4-14(2)13-18(3)10-11-21-16-7-5-6-15(12-16)8-9-17(19)20/h5-9,12,14H,4,10-11,13H2,1-3H3,(H,19,20). The van der Waals surface area contributed by atoms with Crippen molar-refractivity contribution in [2.45, 2.75) is 20.3 Å². The molecule has 0 aromatic heterocycles.